The molecular formula is C9H18N2O. The molecule has 3 heteroatoms. The molecule has 0 saturated carbocycles. The van der Waals surface area contributed by atoms with E-state index in [1.54, 1.807) is 11.0 Å². The van der Waals surface area contributed by atoms with Gasteiger partial charge in [-0.3, -0.25) is 0 Å². The summed E-state index contributed by atoms with van der Waals surface area (Å²) < 4.78 is 0. The van der Waals surface area contributed by atoms with Crippen molar-refractivity contribution in [2.45, 2.75) is 26.8 Å². The lowest BCUT2D eigenvalue weighted by molar-refractivity contribution is 0.202. The Bertz CT molecular complexity index is 153. The maximum Gasteiger partial charge on any atom is 0.317 e. The van der Waals surface area contributed by atoms with E-state index in [0.717, 1.165) is 13.1 Å². The maximum absolute atomic E-state index is 11.3. The van der Waals surface area contributed by atoms with Crippen molar-refractivity contribution in [1.29, 1.82) is 0 Å². The van der Waals surface area contributed by atoms with Crippen molar-refractivity contribution in [2.75, 3.05) is 13.1 Å². The van der Waals surface area contributed by atoms with E-state index in [1.165, 1.54) is 0 Å². The zero-order valence-corrected chi connectivity index (χ0v) is 8.13. The molecule has 1 unspecified atom stereocenters. The Morgan fingerprint density at radius 1 is 1.58 bits per heavy atom. The van der Waals surface area contributed by atoms with E-state index in [2.05, 4.69) is 11.9 Å². The second kappa shape index (κ2) is 5.63. The smallest absolute Gasteiger partial charge is 0.317 e. The Labute approximate surface area is 74.4 Å². The predicted molar refractivity (Wildman–Crippen MR) is 51.1 cm³/mol. The number of nitrogens with zero attached hydrogens (tertiary/aromatic N) is 1. The molecule has 0 aromatic rings. The van der Waals surface area contributed by atoms with Crippen molar-refractivity contribution in [3.05, 3.63) is 12.7 Å². The average Bonchev–Trinajstić information content (AvgIpc) is 2.06. The van der Waals surface area contributed by atoms with Crippen molar-refractivity contribution >= 4 is 6.03 Å². The van der Waals surface area contributed by atoms with E-state index in [9.17, 15) is 4.79 Å². The van der Waals surface area contributed by atoms with Gasteiger partial charge in [0.15, 0.2) is 0 Å². The van der Waals surface area contributed by atoms with Crippen molar-refractivity contribution in [3.8, 4) is 0 Å². The minimum atomic E-state index is -0.0209. The molecule has 0 fully saturated rings. The second-order valence-electron chi connectivity index (χ2n) is 2.65. The van der Waals surface area contributed by atoms with E-state index in [4.69, 9.17) is 0 Å². The fourth-order valence-electron chi connectivity index (χ4n) is 0.856. The summed E-state index contributed by atoms with van der Waals surface area (Å²) in [6, 6.07) is 0.0190. The summed E-state index contributed by atoms with van der Waals surface area (Å²) in [4.78, 5) is 13.1. The molecule has 0 spiro atoms. The summed E-state index contributed by atoms with van der Waals surface area (Å²) in [5, 5.41) is 2.80. The van der Waals surface area contributed by atoms with Crippen LogP contribution in [0.1, 0.15) is 20.8 Å². The number of carbonyl (C=O) groups is 1. The maximum atomic E-state index is 11.3. The zero-order valence-electron chi connectivity index (χ0n) is 8.13. The normalized spacial score (nSPS) is 11.9. The van der Waals surface area contributed by atoms with Crippen LogP contribution in [0.15, 0.2) is 12.7 Å². The molecule has 0 aromatic carbocycles. The van der Waals surface area contributed by atoms with Crippen LogP contribution >= 0.6 is 0 Å². The highest BCUT2D eigenvalue weighted by Gasteiger charge is 2.09. The minimum absolute atomic E-state index is 0.0209. The summed E-state index contributed by atoms with van der Waals surface area (Å²) in [5.41, 5.74) is 0. The van der Waals surface area contributed by atoms with E-state index >= 15 is 0 Å². The third-order valence-electron chi connectivity index (χ3n) is 1.76. The molecule has 0 aromatic heterocycles. The lowest BCUT2D eigenvalue weighted by atomic mass is 10.3. The van der Waals surface area contributed by atoms with Gasteiger partial charge in [0.1, 0.15) is 0 Å². The molecule has 0 aliphatic rings. The SMILES string of the molecule is C=CC(C)NC(=O)N(CC)CC. The molecular weight excluding hydrogens is 152 g/mol. The number of rotatable bonds is 4. The monoisotopic (exact) mass is 170 g/mol. The highest BCUT2D eigenvalue weighted by atomic mass is 16.2. The number of amides is 2. The Kier molecular flexibility index (Phi) is 5.17. The average molecular weight is 170 g/mol. The topological polar surface area (TPSA) is 32.3 Å². The Balaban J connectivity index is 3.92. The highest BCUT2D eigenvalue weighted by Crippen LogP contribution is 1.90. The molecule has 12 heavy (non-hydrogen) atoms. The number of hydrogen-bond acceptors (Lipinski definition) is 1. The van der Waals surface area contributed by atoms with Crippen molar-refractivity contribution in [2.24, 2.45) is 0 Å². The van der Waals surface area contributed by atoms with Crippen molar-refractivity contribution < 1.29 is 4.79 Å². The molecule has 0 radical (unpaired) electrons. The van der Waals surface area contributed by atoms with E-state index in [-0.39, 0.29) is 12.1 Å². The zero-order chi connectivity index (χ0) is 9.56. The summed E-state index contributed by atoms with van der Waals surface area (Å²) in [7, 11) is 0. The summed E-state index contributed by atoms with van der Waals surface area (Å²) in [5.74, 6) is 0. The fourth-order valence-corrected chi connectivity index (χ4v) is 0.856. The number of nitrogens with one attached hydrogen (secondary N) is 1. The van der Waals surface area contributed by atoms with Crippen LogP contribution in [0, 0.1) is 0 Å². The van der Waals surface area contributed by atoms with Gasteiger partial charge < -0.3 is 10.2 Å². The van der Waals surface area contributed by atoms with Gasteiger partial charge in [-0.05, 0) is 20.8 Å². The lowest BCUT2D eigenvalue weighted by Crippen LogP contribution is -2.42. The van der Waals surface area contributed by atoms with Crippen molar-refractivity contribution in [1.82, 2.24) is 10.2 Å². The number of carbonyl (C=O) groups excluding carboxylic acids is 1. The van der Waals surface area contributed by atoms with Gasteiger partial charge >= 0.3 is 6.03 Å². The van der Waals surface area contributed by atoms with Crippen LogP contribution < -0.4 is 5.32 Å². The van der Waals surface area contributed by atoms with Crippen LogP contribution in [-0.4, -0.2) is 30.1 Å². The van der Waals surface area contributed by atoms with Gasteiger partial charge in [0, 0.05) is 19.1 Å². The first-order chi connectivity index (χ1) is 5.65. The minimum Gasteiger partial charge on any atom is -0.332 e. The molecule has 1 N–H and O–H groups in total. The van der Waals surface area contributed by atoms with Crippen molar-refractivity contribution in [3.63, 3.8) is 0 Å². The molecule has 2 amide bonds. The summed E-state index contributed by atoms with van der Waals surface area (Å²) >= 11 is 0. The summed E-state index contributed by atoms with van der Waals surface area (Å²) in [6.07, 6.45) is 1.71. The Morgan fingerprint density at radius 3 is 2.42 bits per heavy atom. The Hall–Kier alpha value is -0.990. The van der Waals surface area contributed by atoms with Crippen LogP contribution in [0.3, 0.4) is 0 Å². The molecule has 0 rings (SSSR count). The molecule has 1 atom stereocenters. The van der Waals surface area contributed by atoms with Crippen LogP contribution in [0.25, 0.3) is 0 Å². The van der Waals surface area contributed by atoms with Gasteiger partial charge in [-0.25, -0.2) is 4.79 Å². The fraction of sp³-hybridized carbons (Fsp3) is 0.667. The number of hydrogen-bond donors (Lipinski definition) is 1. The quantitative estimate of drug-likeness (QED) is 0.639. The molecule has 0 aliphatic carbocycles. The van der Waals surface area contributed by atoms with Gasteiger partial charge in [-0.1, -0.05) is 6.08 Å². The van der Waals surface area contributed by atoms with Gasteiger partial charge in [0.2, 0.25) is 0 Å². The molecule has 0 saturated heterocycles. The molecule has 0 heterocycles. The third kappa shape index (κ3) is 3.42. The van der Waals surface area contributed by atoms with Gasteiger partial charge in [-0.15, -0.1) is 6.58 Å². The van der Waals surface area contributed by atoms with Crippen LogP contribution in [-0.2, 0) is 0 Å². The van der Waals surface area contributed by atoms with Gasteiger partial charge in [0.25, 0.3) is 0 Å². The first-order valence-electron chi connectivity index (χ1n) is 4.33. The first kappa shape index (κ1) is 11.0. The van der Waals surface area contributed by atoms with Gasteiger partial charge in [-0.2, -0.15) is 0 Å². The molecule has 0 bridgehead atoms. The predicted octanol–water partition coefficient (Wildman–Crippen LogP) is 1.61. The van der Waals surface area contributed by atoms with E-state index in [1.807, 2.05) is 20.8 Å². The van der Waals surface area contributed by atoms with E-state index in [0.29, 0.717) is 0 Å². The highest BCUT2D eigenvalue weighted by molar-refractivity contribution is 5.74. The van der Waals surface area contributed by atoms with Gasteiger partial charge in [0.05, 0.1) is 0 Å². The van der Waals surface area contributed by atoms with E-state index < -0.39 is 0 Å². The van der Waals surface area contributed by atoms with Crippen LogP contribution in [0.5, 0.6) is 0 Å². The molecule has 70 valence electrons. The largest absolute Gasteiger partial charge is 0.332 e. The third-order valence-corrected chi connectivity index (χ3v) is 1.76. The lowest BCUT2D eigenvalue weighted by Gasteiger charge is -2.20. The number of urea groups is 1. The Morgan fingerprint density at radius 2 is 2.08 bits per heavy atom. The van der Waals surface area contributed by atoms with Crippen LogP contribution in [0.2, 0.25) is 0 Å². The summed E-state index contributed by atoms with van der Waals surface area (Å²) in [6.45, 7) is 10.9. The second-order valence-corrected chi connectivity index (χ2v) is 2.65. The first-order valence-corrected chi connectivity index (χ1v) is 4.33. The standard InChI is InChI=1S/C9H18N2O/c1-5-8(4)10-9(12)11(6-2)7-3/h5,8H,1,6-7H2,2-4H3,(H,10,12). The molecule has 3 nitrogen and oxygen atoms in total. The van der Waals surface area contributed by atoms with Crippen LogP contribution in [0.4, 0.5) is 4.79 Å². The molecule has 0 aliphatic heterocycles.